The predicted molar refractivity (Wildman–Crippen MR) is 140 cm³/mol. The first-order valence-electron chi connectivity index (χ1n) is 11.1. The Balaban J connectivity index is 1.75. The van der Waals surface area contributed by atoms with Gasteiger partial charge in [0, 0.05) is 0 Å². The molecule has 206 valence electrons. The summed E-state index contributed by atoms with van der Waals surface area (Å²) in [6.07, 6.45) is 0. The van der Waals surface area contributed by atoms with Crippen LogP contribution in [0.15, 0.2) is 30.3 Å². The van der Waals surface area contributed by atoms with E-state index in [1.165, 1.54) is 36.4 Å². The van der Waals surface area contributed by atoms with Crippen molar-refractivity contribution in [1.82, 2.24) is 0 Å². The monoisotopic (exact) mass is 660 g/mol. The second-order valence-electron chi connectivity index (χ2n) is 8.11. The van der Waals surface area contributed by atoms with Crippen LogP contribution in [0.3, 0.4) is 0 Å². The van der Waals surface area contributed by atoms with Crippen molar-refractivity contribution in [2.45, 2.75) is 20.5 Å². The number of rotatable bonds is 8. The zero-order valence-electron chi connectivity index (χ0n) is 20.5. The molecular weight excluding hydrogens is 639 g/mol. The van der Waals surface area contributed by atoms with Gasteiger partial charge >= 0.3 is 17.9 Å². The molecule has 0 spiro atoms. The summed E-state index contributed by atoms with van der Waals surface area (Å²) in [5.74, 6) is -9.76. The van der Waals surface area contributed by atoms with E-state index in [0.29, 0.717) is 5.56 Å². The molecule has 3 aromatic carbocycles. The summed E-state index contributed by atoms with van der Waals surface area (Å²) in [5.41, 5.74) is 7.72. The van der Waals surface area contributed by atoms with Crippen LogP contribution >= 0.6 is 22.6 Å². The highest BCUT2D eigenvalue weighted by Gasteiger charge is 2.32. The molecule has 0 bridgehead atoms. The van der Waals surface area contributed by atoms with E-state index in [-0.39, 0.29) is 17.7 Å². The third kappa shape index (κ3) is 6.08. The van der Waals surface area contributed by atoms with Gasteiger partial charge in [-0.25, -0.2) is 31.9 Å². The number of halogens is 5. The Hall–Kier alpha value is -3.88. The third-order valence-corrected chi connectivity index (χ3v) is 6.77. The summed E-state index contributed by atoms with van der Waals surface area (Å²) in [7, 11) is 0. The van der Waals surface area contributed by atoms with E-state index in [1.54, 1.807) is 30.3 Å². The lowest BCUT2D eigenvalue weighted by atomic mass is 10.0. The van der Waals surface area contributed by atoms with Gasteiger partial charge in [-0.1, -0.05) is 30.3 Å². The summed E-state index contributed by atoms with van der Waals surface area (Å²) in [4.78, 5) is 37.7. The summed E-state index contributed by atoms with van der Waals surface area (Å²) < 4.78 is 72.5. The number of benzene rings is 3. The third-order valence-electron chi connectivity index (χ3n) is 5.72. The smallest absolute Gasteiger partial charge is 0.342 e. The van der Waals surface area contributed by atoms with Crippen molar-refractivity contribution in [2.24, 2.45) is 0 Å². The van der Waals surface area contributed by atoms with Gasteiger partial charge < -0.3 is 25.7 Å². The number of anilines is 2. The first-order valence-corrected chi connectivity index (χ1v) is 12.2. The average molecular weight is 660 g/mol. The van der Waals surface area contributed by atoms with E-state index in [2.05, 4.69) is 0 Å². The predicted octanol–water partition coefficient (Wildman–Crippen LogP) is 5.00. The topological polar surface area (TPSA) is 131 Å². The number of ether oxygens (including phenoxy) is 3. The molecule has 4 N–H and O–H groups in total. The van der Waals surface area contributed by atoms with Crippen molar-refractivity contribution < 1.29 is 46.2 Å². The number of nitrogen functional groups attached to an aromatic ring is 2. The number of carbonyl (C=O) groups is 3. The second-order valence-corrected chi connectivity index (χ2v) is 9.18. The Bertz CT molecular complexity index is 1440. The lowest BCUT2D eigenvalue weighted by Gasteiger charge is -2.15. The molecule has 0 aliphatic carbocycles. The fraction of sp³-hybridized carbons (Fsp3) is 0.192. The van der Waals surface area contributed by atoms with Gasteiger partial charge in [0.2, 0.25) is 0 Å². The van der Waals surface area contributed by atoms with Crippen molar-refractivity contribution in [3.05, 3.63) is 90.6 Å². The van der Waals surface area contributed by atoms with Crippen LogP contribution in [0.2, 0.25) is 0 Å². The maximum Gasteiger partial charge on any atom is 0.342 e. The summed E-state index contributed by atoms with van der Waals surface area (Å²) in [5, 5.41) is 0. The van der Waals surface area contributed by atoms with E-state index >= 15 is 0 Å². The second kappa shape index (κ2) is 12.3. The number of hydrogen-bond donors (Lipinski definition) is 2. The number of nitrogens with two attached hydrogens (primary N) is 2. The van der Waals surface area contributed by atoms with Crippen LogP contribution in [0.5, 0.6) is 0 Å². The molecule has 0 saturated heterocycles. The van der Waals surface area contributed by atoms with Gasteiger partial charge in [-0.2, -0.15) is 0 Å². The Kier molecular flexibility index (Phi) is 9.37. The van der Waals surface area contributed by atoms with Gasteiger partial charge in [0.05, 0.1) is 14.9 Å². The minimum absolute atomic E-state index is 0.0426. The van der Waals surface area contributed by atoms with Crippen LogP contribution in [-0.4, -0.2) is 31.1 Å². The highest BCUT2D eigenvalue weighted by atomic mass is 127. The molecule has 0 fully saturated rings. The molecule has 0 radical (unpaired) electrons. The zero-order valence-corrected chi connectivity index (χ0v) is 22.7. The highest BCUT2D eigenvalue weighted by molar-refractivity contribution is 14.1. The lowest BCUT2D eigenvalue weighted by molar-refractivity contribution is 0.0254. The largest absolute Gasteiger partial charge is 0.458 e. The maximum absolute atomic E-state index is 15.0. The molecule has 0 aromatic heterocycles. The molecule has 0 atom stereocenters. The molecule has 8 nitrogen and oxygen atoms in total. The van der Waals surface area contributed by atoms with Gasteiger partial charge in [-0.05, 0) is 53.1 Å². The number of esters is 3. The highest BCUT2D eigenvalue weighted by Crippen LogP contribution is 2.31. The fourth-order valence-corrected chi connectivity index (χ4v) is 3.97. The van der Waals surface area contributed by atoms with E-state index in [0.717, 1.165) is 0 Å². The molecule has 0 saturated carbocycles. The van der Waals surface area contributed by atoms with Gasteiger partial charge in [-0.3, -0.25) is 0 Å². The quantitative estimate of drug-likeness (QED) is 0.0657. The Morgan fingerprint density at radius 3 is 1.79 bits per heavy atom. The average Bonchev–Trinajstić information content (AvgIpc) is 2.93. The summed E-state index contributed by atoms with van der Waals surface area (Å²) >= 11 is 1.35. The molecule has 39 heavy (non-hydrogen) atoms. The first kappa shape index (κ1) is 29.7. The van der Waals surface area contributed by atoms with Crippen LogP contribution < -0.4 is 11.5 Å². The Labute approximate surface area is 233 Å². The minimum Gasteiger partial charge on any atom is -0.458 e. The molecule has 0 unspecified atom stereocenters. The normalized spacial score (nSPS) is 10.7. The van der Waals surface area contributed by atoms with Crippen molar-refractivity contribution >= 4 is 51.9 Å². The molecule has 0 aliphatic heterocycles. The van der Waals surface area contributed by atoms with Crippen LogP contribution in [-0.2, 0) is 20.8 Å². The van der Waals surface area contributed by atoms with Gasteiger partial charge in [0.1, 0.15) is 36.5 Å². The lowest BCUT2D eigenvalue weighted by Crippen LogP contribution is -2.22. The van der Waals surface area contributed by atoms with Crippen LogP contribution in [0.4, 0.5) is 28.9 Å². The SMILES string of the molecule is Cc1c(C)c(C(=O)OCCOC(=O)c2c(F)c(I)c(N)c(F)c2C(=O)OCc2ccccc2)c(F)c(F)c1N. The van der Waals surface area contributed by atoms with Gasteiger partial charge in [0.15, 0.2) is 23.3 Å². The molecule has 0 heterocycles. The van der Waals surface area contributed by atoms with E-state index in [4.69, 9.17) is 25.7 Å². The number of carbonyl (C=O) groups excluding carboxylic acids is 3. The zero-order chi connectivity index (χ0) is 29.0. The van der Waals surface area contributed by atoms with Crippen LogP contribution in [0, 0.1) is 40.7 Å². The Morgan fingerprint density at radius 1 is 0.692 bits per heavy atom. The summed E-state index contributed by atoms with van der Waals surface area (Å²) in [6, 6.07) is 8.30. The summed E-state index contributed by atoms with van der Waals surface area (Å²) in [6.45, 7) is 1.04. The molecular formula is C26H21F4IN2O6. The molecule has 3 rings (SSSR count). The first-order chi connectivity index (χ1) is 18.4. The van der Waals surface area contributed by atoms with E-state index in [9.17, 15) is 31.9 Å². The van der Waals surface area contributed by atoms with Crippen LogP contribution in [0.1, 0.15) is 47.8 Å². The van der Waals surface area contributed by atoms with Crippen LogP contribution in [0.25, 0.3) is 0 Å². The van der Waals surface area contributed by atoms with Crippen molar-refractivity contribution in [1.29, 1.82) is 0 Å². The van der Waals surface area contributed by atoms with Gasteiger partial charge in [-0.15, -0.1) is 0 Å². The van der Waals surface area contributed by atoms with E-state index in [1.807, 2.05) is 0 Å². The van der Waals surface area contributed by atoms with Crippen molar-refractivity contribution in [3.8, 4) is 0 Å². The maximum atomic E-state index is 15.0. The molecule has 13 heteroatoms. The minimum atomic E-state index is -1.51. The van der Waals surface area contributed by atoms with E-state index < -0.39 is 86.0 Å². The molecule has 3 aromatic rings. The standard InChI is InChI=1S/C26H21F4IN2O6/c1-11-12(2)22(32)20(30)17(27)14(11)24(34)37-8-9-38-25(35)15-16(19(29)23(33)21(31)18(15)28)26(36)39-10-13-6-4-3-5-7-13/h3-7H,8-10,32-33H2,1-2H3. The van der Waals surface area contributed by atoms with Crippen molar-refractivity contribution in [3.63, 3.8) is 0 Å². The molecule has 0 amide bonds. The van der Waals surface area contributed by atoms with Crippen molar-refractivity contribution in [2.75, 3.05) is 24.7 Å². The molecule has 0 aliphatic rings. The fourth-order valence-electron chi connectivity index (χ4n) is 3.46. The number of hydrogen-bond acceptors (Lipinski definition) is 8. The van der Waals surface area contributed by atoms with Gasteiger partial charge in [0.25, 0.3) is 0 Å². The Morgan fingerprint density at radius 2 is 1.21 bits per heavy atom.